The number of carbonyl (C=O) groups is 1. The van der Waals surface area contributed by atoms with Crippen molar-refractivity contribution >= 4 is 56.2 Å². The monoisotopic (exact) mass is 602 g/mol. The Labute approximate surface area is 209 Å². The number of nitrogens with zero attached hydrogens (tertiary/aromatic N) is 1. The highest BCUT2D eigenvalue weighted by molar-refractivity contribution is 14.1. The molecule has 0 saturated carbocycles. The number of hydrogen-bond donors (Lipinski definition) is 1. The Kier molecular flexibility index (Phi) is 8.71. The van der Waals surface area contributed by atoms with Crippen LogP contribution in [-0.2, 0) is 11.4 Å². The van der Waals surface area contributed by atoms with Gasteiger partial charge in [0.25, 0.3) is 5.91 Å². The van der Waals surface area contributed by atoms with E-state index in [1.807, 2.05) is 61.5 Å². The summed E-state index contributed by atoms with van der Waals surface area (Å²) in [5, 5.41) is 12.3. The molecule has 0 aliphatic rings. The first-order chi connectivity index (χ1) is 15.5. The molecule has 0 heterocycles. The predicted molar refractivity (Wildman–Crippen MR) is 137 cm³/mol. The van der Waals surface area contributed by atoms with Crippen LogP contribution in [0.25, 0.3) is 6.08 Å². The van der Waals surface area contributed by atoms with Crippen molar-refractivity contribution in [2.24, 2.45) is 0 Å². The van der Waals surface area contributed by atoms with E-state index in [9.17, 15) is 10.1 Å². The van der Waals surface area contributed by atoms with Crippen LogP contribution in [0.1, 0.15) is 18.1 Å². The maximum atomic E-state index is 12.6. The smallest absolute Gasteiger partial charge is 0.266 e. The Hall–Kier alpha value is -2.83. The minimum atomic E-state index is -0.477. The second kappa shape index (κ2) is 11.7. The average Bonchev–Trinajstić information content (AvgIpc) is 2.79. The maximum Gasteiger partial charge on any atom is 0.266 e. The van der Waals surface area contributed by atoms with Gasteiger partial charge in [-0.15, -0.1) is 0 Å². The second-order valence-electron chi connectivity index (χ2n) is 6.64. The van der Waals surface area contributed by atoms with Crippen LogP contribution in [0.4, 0.5) is 5.69 Å². The van der Waals surface area contributed by atoms with Gasteiger partial charge in [0.2, 0.25) is 0 Å². The summed E-state index contributed by atoms with van der Waals surface area (Å²) in [5.74, 6) is 0.615. The largest absolute Gasteiger partial charge is 0.490 e. The van der Waals surface area contributed by atoms with E-state index in [1.165, 1.54) is 6.08 Å². The molecule has 3 rings (SSSR count). The van der Waals surface area contributed by atoms with Crippen LogP contribution in [0.3, 0.4) is 0 Å². The van der Waals surface area contributed by atoms with Crippen LogP contribution in [0.2, 0.25) is 0 Å². The van der Waals surface area contributed by atoms with Crippen molar-refractivity contribution < 1.29 is 14.3 Å². The second-order valence-corrected chi connectivity index (χ2v) is 8.66. The molecule has 0 fully saturated rings. The van der Waals surface area contributed by atoms with E-state index >= 15 is 0 Å². The molecule has 1 amide bonds. The van der Waals surface area contributed by atoms with Crippen LogP contribution in [-0.4, -0.2) is 12.5 Å². The minimum Gasteiger partial charge on any atom is -0.490 e. The number of amides is 1. The number of anilines is 1. The molecule has 0 unspecified atom stereocenters. The van der Waals surface area contributed by atoms with Crippen molar-refractivity contribution in [3.63, 3.8) is 0 Å². The summed E-state index contributed by atoms with van der Waals surface area (Å²) < 4.78 is 13.3. The molecule has 0 bridgehead atoms. The van der Waals surface area contributed by atoms with E-state index in [0.717, 1.165) is 9.13 Å². The zero-order valence-corrected chi connectivity index (χ0v) is 21.0. The van der Waals surface area contributed by atoms with Gasteiger partial charge in [-0.3, -0.25) is 4.79 Å². The molecule has 32 heavy (non-hydrogen) atoms. The van der Waals surface area contributed by atoms with E-state index in [2.05, 4.69) is 43.8 Å². The first-order valence-corrected chi connectivity index (χ1v) is 11.7. The van der Waals surface area contributed by atoms with E-state index in [-0.39, 0.29) is 5.57 Å². The van der Waals surface area contributed by atoms with Gasteiger partial charge in [0.1, 0.15) is 18.2 Å². The molecule has 0 aliphatic carbocycles. The van der Waals surface area contributed by atoms with Gasteiger partial charge in [-0.1, -0.05) is 42.5 Å². The Balaban J connectivity index is 1.86. The molecular formula is C25H20BrIN2O3. The van der Waals surface area contributed by atoms with Crippen molar-refractivity contribution in [1.29, 1.82) is 5.26 Å². The Morgan fingerprint density at radius 2 is 1.84 bits per heavy atom. The summed E-state index contributed by atoms with van der Waals surface area (Å²) in [4.78, 5) is 12.6. The molecular weight excluding hydrogens is 583 g/mol. The molecule has 3 aromatic carbocycles. The van der Waals surface area contributed by atoms with E-state index < -0.39 is 5.91 Å². The summed E-state index contributed by atoms with van der Waals surface area (Å²) in [5.41, 5.74) is 2.31. The first kappa shape index (κ1) is 23.8. The van der Waals surface area contributed by atoms with Gasteiger partial charge in [0.05, 0.1) is 16.8 Å². The van der Waals surface area contributed by atoms with Crippen LogP contribution >= 0.6 is 38.5 Å². The highest BCUT2D eigenvalue weighted by atomic mass is 127. The normalized spacial score (nSPS) is 10.9. The molecule has 0 atom stereocenters. The summed E-state index contributed by atoms with van der Waals surface area (Å²) in [6, 6.07) is 22.7. The lowest BCUT2D eigenvalue weighted by Gasteiger charge is -2.15. The van der Waals surface area contributed by atoms with Crippen molar-refractivity contribution in [2.45, 2.75) is 13.5 Å². The lowest BCUT2D eigenvalue weighted by Crippen LogP contribution is -2.14. The predicted octanol–water partition coefficient (Wildman–Crippen LogP) is 6.58. The number of halogens is 2. The van der Waals surface area contributed by atoms with E-state index in [0.29, 0.717) is 40.4 Å². The number of benzene rings is 3. The third-order valence-electron chi connectivity index (χ3n) is 4.36. The van der Waals surface area contributed by atoms with Gasteiger partial charge in [0, 0.05) is 3.57 Å². The van der Waals surface area contributed by atoms with Gasteiger partial charge in [-0.25, -0.2) is 0 Å². The van der Waals surface area contributed by atoms with Crippen molar-refractivity contribution in [1.82, 2.24) is 0 Å². The summed E-state index contributed by atoms with van der Waals surface area (Å²) >= 11 is 5.67. The van der Waals surface area contributed by atoms with Crippen LogP contribution < -0.4 is 14.8 Å². The fraction of sp³-hybridized carbons (Fsp3) is 0.120. The van der Waals surface area contributed by atoms with Gasteiger partial charge in [-0.2, -0.15) is 5.26 Å². The van der Waals surface area contributed by atoms with Gasteiger partial charge >= 0.3 is 0 Å². The van der Waals surface area contributed by atoms with Gasteiger partial charge in [-0.05, 0) is 86.9 Å². The Bertz CT molecular complexity index is 1170. The molecule has 3 aromatic rings. The summed E-state index contributed by atoms with van der Waals surface area (Å²) in [6.07, 6.45) is 1.53. The van der Waals surface area contributed by atoms with Gasteiger partial charge < -0.3 is 14.8 Å². The maximum absolute atomic E-state index is 12.6. The number of carbonyl (C=O) groups excluding carboxylic acids is 1. The molecule has 5 nitrogen and oxygen atoms in total. The Morgan fingerprint density at radius 3 is 2.53 bits per heavy atom. The molecule has 0 spiro atoms. The summed E-state index contributed by atoms with van der Waals surface area (Å²) in [7, 11) is 0. The van der Waals surface area contributed by atoms with Crippen molar-refractivity contribution in [3.8, 4) is 17.6 Å². The average molecular weight is 603 g/mol. The zero-order chi connectivity index (χ0) is 22.9. The molecule has 0 saturated heterocycles. The van der Waals surface area contributed by atoms with Gasteiger partial charge in [0.15, 0.2) is 11.5 Å². The molecule has 0 aromatic heterocycles. The molecule has 0 aliphatic heterocycles. The molecule has 1 N–H and O–H groups in total. The number of rotatable bonds is 8. The first-order valence-electron chi connectivity index (χ1n) is 9.82. The van der Waals surface area contributed by atoms with E-state index in [1.54, 1.807) is 18.2 Å². The van der Waals surface area contributed by atoms with Crippen LogP contribution in [0.5, 0.6) is 11.5 Å². The van der Waals surface area contributed by atoms with Crippen molar-refractivity contribution in [2.75, 3.05) is 11.9 Å². The standard InChI is InChI=1S/C25H20BrIN2O3/c1-2-31-23-14-18(13-20(26)24(23)32-16-17-8-4-3-5-9-17)12-19(15-28)25(30)29-22-11-7-6-10-21(22)27/h3-14H,2,16H2,1H3,(H,29,30)/b19-12-. The lowest BCUT2D eigenvalue weighted by molar-refractivity contribution is -0.112. The third kappa shape index (κ3) is 6.34. The molecule has 162 valence electrons. The topological polar surface area (TPSA) is 71.3 Å². The SMILES string of the molecule is CCOc1cc(/C=C(/C#N)C(=O)Nc2ccccc2I)cc(Br)c1OCc1ccccc1. The van der Waals surface area contributed by atoms with Crippen LogP contribution in [0, 0.1) is 14.9 Å². The quantitative estimate of drug-likeness (QED) is 0.180. The third-order valence-corrected chi connectivity index (χ3v) is 5.89. The highest BCUT2D eigenvalue weighted by Crippen LogP contribution is 2.38. The Morgan fingerprint density at radius 1 is 1.12 bits per heavy atom. The number of nitrogens with one attached hydrogen (secondary N) is 1. The number of ether oxygens (including phenoxy) is 2. The van der Waals surface area contributed by atoms with Crippen molar-refractivity contribution in [3.05, 3.63) is 91.5 Å². The lowest BCUT2D eigenvalue weighted by atomic mass is 10.1. The number of hydrogen-bond acceptors (Lipinski definition) is 4. The number of para-hydroxylation sites is 1. The zero-order valence-electron chi connectivity index (χ0n) is 17.3. The van der Waals surface area contributed by atoms with Crippen LogP contribution in [0.15, 0.2) is 76.8 Å². The number of nitriles is 1. The fourth-order valence-corrected chi connectivity index (χ4v) is 3.97. The fourth-order valence-electron chi connectivity index (χ4n) is 2.87. The van der Waals surface area contributed by atoms with E-state index in [4.69, 9.17) is 9.47 Å². The minimum absolute atomic E-state index is 0.0167. The summed E-state index contributed by atoms with van der Waals surface area (Å²) in [6.45, 7) is 2.71. The molecule has 0 radical (unpaired) electrons. The highest BCUT2D eigenvalue weighted by Gasteiger charge is 2.15. The molecule has 7 heteroatoms.